The average molecular weight is 182 g/mol. The molecule has 0 heterocycles. The molecule has 0 radical (unpaired) electrons. The minimum Gasteiger partial charge on any atom is -0.370 e. The number of rotatable bonds is 3. The van der Waals surface area contributed by atoms with E-state index in [-0.39, 0.29) is 11.2 Å². The van der Waals surface area contributed by atoms with E-state index in [9.17, 15) is 4.79 Å². The lowest BCUT2D eigenvalue weighted by Gasteiger charge is -2.08. The first-order valence-corrected chi connectivity index (χ1v) is 4.55. The largest absolute Gasteiger partial charge is 0.370 e. The van der Waals surface area contributed by atoms with Crippen molar-refractivity contribution in [2.75, 3.05) is 6.61 Å². The molecular weight excluding hydrogens is 164 g/mol. The summed E-state index contributed by atoms with van der Waals surface area (Å²) in [5.74, 6) is 5.33. The van der Waals surface area contributed by atoms with Crippen molar-refractivity contribution in [3.8, 4) is 11.8 Å². The fourth-order valence-corrected chi connectivity index (χ4v) is 0.676. The summed E-state index contributed by atoms with van der Waals surface area (Å²) in [7, 11) is 0. The lowest BCUT2D eigenvalue weighted by atomic mass is 9.97. The topological polar surface area (TPSA) is 26.3 Å². The van der Waals surface area contributed by atoms with Crippen LogP contribution in [0.15, 0.2) is 0 Å². The lowest BCUT2D eigenvalue weighted by molar-refractivity contribution is -0.123. The molecule has 0 spiro atoms. The molecule has 1 unspecified atom stereocenters. The molecule has 13 heavy (non-hydrogen) atoms. The molecule has 0 saturated carbocycles. The summed E-state index contributed by atoms with van der Waals surface area (Å²) in [6.07, 6.45) is -0.403. The monoisotopic (exact) mass is 182 g/mol. The Morgan fingerprint density at radius 1 is 1.46 bits per heavy atom. The molecule has 0 bridgehead atoms. The van der Waals surface area contributed by atoms with Gasteiger partial charge in [-0.05, 0) is 40.5 Å². The van der Waals surface area contributed by atoms with E-state index in [1.165, 1.54) is 0 Å². The Balaban J connectivity index is 4.19. The number of hydrogen-bond donors (Lipinski definition) is 0. The summed E-state index contributed by atoms with van der Waals surface area (Å²) in [5.41, 5.74) is -0.123. The van der Waals surface area contributed by atoms with Gasteiger partial charge in [-0.15, -0.1) is 0 Å². The Kier molecular flexibility index (Phi) is 4.72. The highest BCUT2D eigenvalue weighted by molar-refractivity contribution is 5.98. The third-order valence-electron chi connectivity index (χ3n) is 1.35. The van der Waals surface area contributed by atoms with E-state index < -0.39 is 6.10 Å². The van der Waals surface area contributed by atoms with E-state index in [0.29, 0.717) is 6.61 Å². The molecule has 1 atom stereocenters. The first-order valence-electron chi connectivity index (χ1n) is 4.55. The van der Waals surface area contributed by atoms with E-state index >= 15 is 0 Å². The number of ketones is 1. The minimum absolute atomic E-state index is 0.123. The van der Waals surface area contributed by atoms with Crippen molar-refractivity contribution in [1.29, 1.82) is 0 Å². The van der Waals surface area contributed by atoms with Crippen molar-refractivity contribution in [2.24, 2.45) is 5.41 Å². The van der Waals surface area contributed by atoms with Gasteiger partial charge < -0.3 is 4.74 Å². The van der Waals surface area contributed by atoms with Gasteiger partial charge in [0.15, 0.2) is 0 Å². The SMILES string of the molecule is CCOC(C)C(=O)C#CC(C)(C)C. The summed E-state index contributed by atoms with van der Waals surface area (Å²) < 4.78 is 5.12. The van der Waals surface area contributed by atoms with Gasteiger partial charge in [-0.25, -0.2) is 0 Å². The highest BCUT2D eigenvalue weighted by atomic mass is 16.5. The van der Waals surface area contributed by atoms with Gasteiger partial charge in [-0.2, -0.15) is 0 Å². The highest BCUT2D eigenvalue weighted by Crippen LogP contribution is 2.09. The molecule has 0 rings (SSSR count). The van der Waals surface area contributed by atoms with Crippen molar-refractivity contribution in [3.05, 3.63) is 0 Å². The molecular formula is C11H18O2. The predicted octanol–water partition coefficient (Wildman–Crippen LogP) is 2.03. The van der Waals surface area contributed by atoms with Crippen LogP contribution < -0.4 is 0 Å². The normalized spacial score (nSPS) is 13.0. The van der Waals surface area contributed by atoms with Crippen LogP contribution in [0.4, 0.5) is 0 Å². The van der Waals surface area contributed by atoms with Gasteiger partial charge in [0.1, 0.15) is 6.10 Å². The second-order valence-electron chi connectivity index (χ2n) is 3.96. The van der Waals surface area contributed by atoms with Crippen molar-refractivity contribution in [3.63, 3.8) is 0 Å². The molecule has 2 nitrogen and oxygen atoms in total. The summed E-state index contributed by atoms with van der Waals surface area (Å²) in [4.78, 5) is 11.3. The maximum absolute atomic E-state index is 11.3. The lowest BCUT2D eigenvalue weighted by Crippen LogP contribution is -2.19. The van der Waals surface area contributed by atoms with Crippen molar-refractivity contribution >= 4 is 5.78 Å². The molecule has 0 aromatic heterocycles. The maximum Gasteiger partial charge on any atom is 0.233 e. The highest BCUT2D eigenvalue weighted by Gasteiger charge is 2.10. The fraction of sp³-hybridized carbons (Fsp3) is 0.727. The van der Waals surface area contributed by atoms with Crippen LogP contribution >= 0.6 is 0 Å². The Morgan fingerprint density at radius 3 is 2.38 bits per heavy atom. The molecule has 0 aliphatic heterocycles. The number of hydrogen-bond acceptors (Lipinski definition) is 2. The molecule has 74 valence electrons. The van der Waals surface area contributed by atoms with Gasteiger partial charge in [-0.1, -0.05) is 5.92 Å². The number of ether oxygens (including phenoxy) is 1. The molecule has 0 aliphatic carbocycles. The Morgan fingerprint density at radius 2 is 2.00 bits per heavy atom. The van der Waals surface area contributed by atoms with Crippen LogP contribution in [0.3, 0.4) is 0 Å². The van der Waals surface area contributed by atoms with Crippen molar-refractivity contribution in [2.45, 2.75) is 40.7 Å². The molecule has 0 saturated heterocycles. The molecule has 0 aromatic rings. The molecule has 0 aromatic carbocycles. The third-order valence-corrected chi connectivity index (χ3v) is 1.35. The van der Waals surface area contributed by atoms with Crippen molar-refractivity contribution < 1.29 is 9.53 Å². The Labute approximate surface area is 80.7 Å². The number of carbonyl (C=O) groups is 1. The maximum atomic E-state index is 11.3. The molecule has 0 amide bonds. The van der Waals surface area contributed by atoms with Crippen LogP contribution in [-0.4, -0.2) is 18.5 Å². The second kappa shape index (κ2) is 5.04. The van der Waals surface area contributed by atoms with Crippen LogP contribution in [0.25, 0.3) is 0 Å². The minimum atomic E-state index is -0.403. The average Bonchev–Trinajstić information content (AvgIpc) is 1.99. The van der Waals surface area contributed by atoms with Gasteiger partial charge in [0.05, 0.1) is 0 Å². The van der Waals surface area contributed by atoms with E-state index in [2.05, 4.69) is 11.8 Å². The molecule has 0 aliphatic rings. The first kappa shape index (κ1) is 12.2. The predicted molar refractivity (Wildman–Crippen MR) is 53.3 cm³/mol. The summed E-state index contributed by atoms with van der Waals surface area (Å²) in [6, 6.07) is 0. The standard InChI is InChI=1S/C11H18O2/c1-6-13-9(2)10(12)7-8-11(3,4)5/h9H,6H2,1-5H3. The zero-order valence-corrected chi connectivity index (χ0v) is 9.10. The van der Waals surface area contributed by atoms with Crippen LogP contribution in [0.1, 0.15) is 34.6 Å². The van der Waals surface area contributed by atoms with Crippen molar-refractivity contribution in [1.82, 2.24) is 0 Å². The Bertz CT molecular complexity index is 225. The second-order valence-corrected chi connectivity index (χ2v) is 3.96. The summed E-state index contributed by atoms with van der Waals surface area (Å²) in [6.45, 7) is 10.0. The van der Waals surface area contributed by atoms with E-state index in [1.54, 1.807) is 6.92 Å². The van der Waals surface area contributed by atoms with Gasteiger partial charge in [0.2, 0.25) is 5.78 Å². The number of carbonyl (C=O) groups excluding carboxylic acids is 1. The number of Topliss-reactive ketones (excluding diaryl/α,β-unsaturated/α-hetero) is 1. The zero-order valence-electron chi connectivity index (χ0n) is 9.10. The first-order chi connectivity index (χ1) is 5.87. The van der Waals surface area contributed by atoms with Gasteiger partial charge in [0.25, 0.3) is 0 Å². The molecule has 2 heteroatoms. The van der Waals surface area contributed by atoms with Crippen LogP contribution in [0, 0.1) is 17.3 Å². The van der Waals surface area contributed by atoms with E-state index in [1.807, 2.05) is 27.7 Å². The summed E-state index contributed by atoms with van der Waals surface area (Å²) >= 11 is 0. The molecule has 0 N–H and O–H groups in total. The smallest absolute Gasteiger partial charge is 0.233 e. The van der Waals surface area contributed by atoms with E-state index in [4.69, 9.17) is 4.74 Å². The quantitative estimate of drug-likeness (QED) is 0.493. The van der Waals surface area contributed by atoms with Gasteiger partial charge >= 0.3 is 0 Å². The third kappa shape index (κ3) is 6.36. The van der Waals surface area contributed by atoms with Crippen LogP contribution in [-0.2, 0) is 9.53 Å². The Hall–Kier alpha value is -0.810. The van der Waals surface area contributed by atoms with E-state index in [0.717, 1.165) is 0 Å². The van der Waals surface area contributed by atoms with Gasteiger partial charge in [-0.3, -0.25) is 4.79 Å². The van der Waals surface area contributed by atoms with Gasteiger partial charge in [0, 0.05) is 12.0 Å². The van der Waals surface area contributed by atoms with Crippen LogP contribution in [0.2, 0.25) is 0 Å². The zero-order chi connectivity index (χ0) is 10.5. The van der Waals surface area contributed by atoms with Crippen LogP contribution in [0.5, 0.6) is 0 Å². The summed E-state index contributed by atoms with van der Waals surface area (Å²) in [5, 5.41) is 0. The molecule has 0 fully saturated rings. The fourth-order valence-electron chi connectivity index (χ4n) is 0.676.